The SMILES string of the molecule is NCCCCO[C@@H]1OC(CO)[C@@H](O[C@@H]2OC(C(=O)O)[C@@H](O)C(O[C@@H]3OC(CO)[C@@H](O[C@@H]4OC(C(=O)O)[C@@H](O)C(O)[C@@H]4O)C(O)[C@@H]3O)[C@@H]2O)C(O)[C@@H]1O. The van der Waals surface area contributed by atoms with Crippen molar-refractivity contribution >= 4 is 11.9 Å². The molecule has 0 radical (unpaired) electrons. The fraction of sp³-hybridized carbons (Fsp3) is 0.929. The summed E-state index contributed by atoms with van der Waals surface area (Å²) in [5.74, 6) is -3.56. The monoisotopic (exact) mass is 765 g/mol. The summed E-state index contributed by atoms with van der Waals surface area (Å²) >= 11 is 0. The lowest BCUT2D eigenvalue weighted by molar-refractivity contribution is -0.385. The van der Waals surface area contributed by atoms with Crippen molar-refractivity contribution in [1.29, 1.82) is 0 Å². The Bertz CT molecular complexity index is 1150. The Labute approximate surface area is 293 Å². The predicted octanol–water partition coefficient (Wildman–Crippen LogP) is -8.80. The van der Waals surface area contributed by atoms with Gasteiger partial charge in [-0.25, -0.2) is 9.59 Å². The minimum Gasteiger partial charge on any atom is -0.479 e. The number of ether oxygens (including phenoxy) is 8. The van der Waals surface area contributed by atoms with Crippen LogP contribution >= 0.6 is 0 Å². The van der Waals surface area contributed by atoms with Crippen molar-refractivity contribution in [3.63, 3.8) is 0 Å². The molecule has 0 saturated carbocycles. The predicted molar refractivity (Wildman–Crippen MR) is 157 cm³/mol. The summed E-state index contributed by atoms with van der Waals surface area (Å²) in [6, 6.07) is 0. The molecule has 0 amide bonds. The number of aliphatic hydroxyl groups excluding tert-OH is 11. The Kier molecular flexibility index (Phi) is 15.4. The molecule has 24 nitrogen and oxygen atoms in total. The van der Waals surface area contributed by atoms with Gasteiger partial charge in [0.1, 0.15) is 85.5 Å². The highest BCUT2D eigenvalue weighted by Gasteiger charge is 2.56. The zero-order valence-corrected chi connectivity index (χ0v) is 27.3. The molecule has 4 aliphatic rings. The second-order valence-electron chi connectivity index (χ2n) is 12.6. The summed E-state index contributed by atoms with van der Waals surface area (Å²) in [6.07, 6.45) is -38.5. The Morgan fingerprint density at radius 2 is 0.923 bits per heavy atom. The van der Waals surface area contributed by atoms with Gasteiger partial charge in [-0.1, -0.05) is 0 Å². The van der Waals surface area contributed by atoms with Crippen LogP contribution in [0.2, 0.25) is 0 Å². The Balaban J connectivity index is 1.48. The molecule has 20 atom stereocenters. The number of carboxylic acids is 2. The third kappa shape index (κ3) is 9.15. The number of unbranched alkanes of at least 4 members (excludes halogenated alkanes) is 1. The van der Waals surface area contributed by atoms with Gasteiger partial charge in [-0.3, -0.25) is 0 Å². The molecule has 0 aliphatic carbocycles. The van der Waals surface area contributed by atoms with E-state index in [0.717, 1.165) is 0 Å². The van der Waals surface area contributed by atoms with Crippen LogP contribution < -0.4 is 5.73 Å². The first-order chi connectivity index (χ1) is 24.6. The van der Waals surface area contributed by atoms with E-state index >= 15 is 0 Å². The molecular formula is C28H47NO23. The van der Waals surface area contributed by atoms with Gasteiger partial charge in [0, 0.05) is 6.61 Å². The van der Waals surface area contributed by atoms with Crippen molar-refractivity contribution < 1.29 is 114 Å². The number of aliphatic hydroxyl groups is 11. The van der Waals surface area contributed by atoms with E-state index in [1.54, 1.807) is 0 Å². The smallest absolute Gasteiger partial charge is 0.335 e. The molecule has 4 heterocycles. The second kappa shape index (κ2) is 18.7. The number of rotatable bonds is 15. The topological polar surface area (TPSA) is 397 Å². The highest BCUT2D eigenvalue weighted by molar-refractivity contribution is 5.73. The zero-order chi connectivity index (χ0) is 38.6. The van der Waals surface area contributed by atoms with Crippen molar-refractivity contribution in [3.05, 3.63) is 0 Å². The van der Waals surface area contributed by atoms with Gasteiger partial charge in [0.15, 0.2) is 37.4 Å². The van der Waals surface area contributed by atoms with Crippen LogP contribution in [-0.2, 0) is 47.5 Å². The van der Waals surface area contributed by atoms with Crippen LogP contribution in [0.4, 0.5) is 0 Å². The maximum atomic E-state index is 12.0. The van der Waals surface area contributed by atoms with E-state index < -0.39 is 148 Å². The first-order valence-electron chi connectivity index (χ1n) is 16.3. The summed E-state index contributed by atoms with van der Waals surface area (Å²) in [5, 5.41) is 134. The minimum atomic E-state index is -2.24. The third-order valence-electron chi connectivity index (χ3n) is 9.00. The van der Waals surface area contributed by atoms with Gasteiger partial charge >= 0.3 is 11.9 Å². The highest BCUT2D eigenvalue weighted by atomic mass is 16.8. The minimum absolute atomic E-state index is 0.0690. The molecule has 4 aliphatic heterocycles. The number of carboxylic acid groups (broad SMARTS) is 2. The molecule has 4 saturated heterocycles. The maximum Gasteiger partial charge on any atom is 0.335 e. The van der Waals surface area contributed by atoms with Crippen LogP contribution in [0, 0.1) is 0 Å². The average molecular weight is 766 g/mol. The van der Waals surface area contributed by atoms with Crippen LogP contribution in [0.15, 0.2) is 0 Å². The van der Waals surface area contributed by atoms with Gasteiger partial charge < -0.3 is 110 Å². The van der Waals surface area contributed by atoms with Gasteiger partial charge in [0.05, 0.1) is 13.2 Å². The van der Waals surface area contributed by atoms with Crippen molar-refractivity contribution in [2.45, 2.75) is 136 Å². The fourth-order valence-corrected chi connectivity index (χ4v) is 6.08. The summed E-state index contributed by atoms with van der Waals surface area (Å²) in [4.78, 5) is 23.5. The van der Waals surface area contributed by atoms with E-state index in [2.05, 4.69) is 0 Å². The van der Waals surface area contributed by atoms with Gasteiger partial charge in [-0.15, -0.1) is 0 Å². The molecule has 0 aromatic carbocycles. The summed E-state index contributed by atoms with van der Waals surface area (Å²) < 4.78 is 43.1. The molecule has 15 N–H and O–H groups in total. The molecular weight excluding hydrogens is 718 g/mol. The lowest BCUT2D eigenvalue weighted by Gasteiger charge is -2.48. The van der Waals surface area contributed by atoms with Crippen LogP contribution in [-0.4, -0.2) is 228 Å². The number of nitrogens with two attached hydrogens (primary N) is 1. The van der Waals surface area contributed by atoms with Crippen molar-refractivity contribution in [2.75, 3.05) is 26.4 Å². The van der Waals surface area contributed by atoms with Crippen LogP contribution in [0.5, 0.6) is 0 Å². The highest BCUT2D eigenvalue weighted by Crippen LogP contribution is 2.34. The van der Waals surface area contributed by atoms with E-state index in [1.807, 2.05) is 0 Å². The molecule has 52 heavy (non-hydrogen) atoms. The molecule has 0 spiro atoms. The first kappa shape index (κ1) is 42.9. The second-order valence-corrected chi connectivity index (χ2v) is 12.6. The molecule has 302 valence electrons. The van der Waals surface area contributed by atoms with Crippen LogP contribution in [0.25, 0.3) is 0 Å². The lowest BCUT2D eigenvalue weighted by Crippen LogP contribution is -2.68. The molecule has 0 aromatic rings. The standard InChI is InChI=1S/C28H47NO23/c29-3-1-2-4-45-25-14(37)11(34)18(7(5-30)46-25)49-28-17(40)20(16(39)22(52-28)24(43)44)50-26-15(38)12(35)19(8(6-31)47-26)48-27-13(36)9(32)10(33)21(51-27)23(41)42/h7-22,25-28,30-40H,1-6,29H2,(H,41,42)(H,43,44)/t7?,8?,9?,10-,11?,12?,13-,14-,15-,16-,17-,18+,19+,20?,21?,22?,25+,26-,27+,28+/m0/s1. The maximum absolute atomic E-state index is 12.0. The molecule has 4 rings (SSSR count). The Hall–Kier alpha value is -1.86. The Morgan fingerprint density at radius 3 is 1.42 bits per heavy atom. The van der Waals surface area contributed by atoms with E-state index in [4.69, 9.17) is 43.6 Å². The van der Waals surface area contributed by atoms with Gasteiger partial charge in [-0.05, 0) is 19.4 Å². The molecule has 8 unspecified atom stereocenters. The van der Waals surface area contributed by atoms with Gasteiger partial charge in [0.2, 0.25) is 0 Å². The zero-order valence-electron chi connectivity index (χ0n) is 27.3. The largest absolute Gasteiger partial charge is 0.479 e. The lowest BCUT2D eigenvalue weighted by atomic mass is 9.95. The normalized spacial score (nSPS) is 47.2. The molecule has 4 fully saturated rings. The number of aliphatic carboxylic acids is 2. The van der Waals surface area contributed by atoms with E-state index in [-0.39, 0.29) is 6.61 Å². The first-order valence-corrected chi connectivity index (χ1v) is 16.3. The number of carbonyl (C=O) groups is 2. The summed E-state index contributed by atoms with van der Waals surface area (Å²) in [5.41, 5.74) is 5.44. The average Bonchev–Trinajstić information content (AvgIpc) is 3.11. The van der Waals surface area contributed by atoms with Gasteiger partial charge in [-0.2, -0.15) is 0 Å². The van der Waals surface area contributed by atoms with E-state index in [9.17, 15) is 76.0 Å². The number of hydrogen-bond acceptors (Lipinski definition) is 22. The van der Waals surface area contributed by atoms with E-state index in [0.29, 0.717) is 19.4 Å². The molecule has 0 aromatic heterocycles. The molecule has 0 bridgehead atoms. The van der Waals surface area contributed by atoms with Gasteiger partial charge in [0.25, 0.3) is 0 Å². The quantitative estimate of drug-likeness (QED) is 0.0688. The Morgan fingerprint density at radius 1 is 0.500 bits per heavy atom. The van der Waals surface area contributed by atoms with Crippen molar-refractivity contribution in [3.8, 4) is 0 Å². The van der Waals surface area contributed by atoms with Crippen molar-refractivity contribution in [1.82, 2.24) is 0 Å². The fourth-order valence-electron chi connectivity index (χ4n) is 6.08. The number of hydrogen-bond donors (Lipinski definition) is 14. The molecule has 24 heteroatoms. The summed E-state index contributed by atoms with van der Waals surface area (Å²) in [7, 11) is 0. The summed E-state index contributed by atoms with van der Waals surface area (Å²) in [6.45, 7) is -1.43. The third-order valence-corrected chi connectivity index (χ3v) is 9.00. The van der Waals surface area contributed by atoms with Crippen molar-refractivity contribution in [2.24, 2.45) is 5.73 Å². The van der Waals surface area contributed by atoms with Crippen LogP contribution in [0.1, 0.15) is 12.8 Å². The van der Waals surface area contributed by atoms with Crippen LogP contribution in [0.3, 0.4) is 0 Å². The van der Waals surface area contributed by atoms with E-state index in [1.165, 1.54) is 0 Å².